The molecule has 0 radical (unpaired) electrons. The van der Waals surface area contributed by atoms with E-state index in [1.54, 1.807) is 6.20 Å². The van der Waals surface area contributed by atoms with Crippen LogP contribution in [0.2, 0.25) is 0 Å². The molecule has 4 nitrogen and oxygen atoms in total. The number of nitrogens with zero attached hydrogens (tertiary/aromatic N) is 3. The van der Waals surface area contributed by atoms with Crippen LogP contribution in [0.25, 0.3) is 11.3 Å². The van der Waals surface area contributed by atoms with E-state index in [4.69, 9.17) is 5.73 Å². The average Bonchev–Trinajstić information content (AvgIpc) is 2.37. The fourth-order valence-electron chi connectivity index (χ4n) is 1.68. The first kappa shape index (κ1) is 11.5. The Labute approximate surface area is 101 Å². The predicted octanol–water partition coefficient (Wildman–Crippen LogP) is 2.46. The summed E-state index contributed by atoms with van der Waals surface area (Å²) in [5.74, 6) is 0.206. The highest BCUT2D eigenvalue weighted by Crippen LogP contribution is 2.17. The normalized spacial score (nSPS) is 10.4. The van der Waals surface area contributed by atoms with E-state index in [1.165, 1.54) is 18.4 Å². The number of anilines is 1. The van der Waals surface area contributed by atoms with Crippen LogP contribution in [0.5, 0.6) is 0 Å². The molecule has 88 valence electrons. The van der Waals surface area contributed by atoms with Gasteiger partial charge in [-0.15, -0.1) is 5.10 Å². The number of unbranched alkanes of at least 4 members (excludes halogenated alkanes) is 1. The first-order chi connectivity index (χ1) is 8.29. The van der Waals surface area contributed by atoms with Crippen molar-refractivity contribution >= 4 is 5.95 Å². The minimum Gasteiger partial charge on any atom is -0.366 e. The second-order valence-corrected chi connectivity index (χ2v) is 4.00. The summed E-state index contributed by atoms with van der Waals surface area (Å²) in [5, 5.41) is 7.44. The van der Waals surface area contributed by atoms with Crippen molar-refractivity contribution in [2.24, 2.45) is 0 Å². The molecule has 1 aromatic heterocycles. The molecule has 0 spiro atoms. The number of aromatic nitrogens is 3. The van der Waals surface area contributed by atoms with E-state index >= 15 is 0 Å². The predicted molar refractivity (Wildman–Crippen MR) is 68.3 cm³/mol. The number of nitrogen functional groups attached to an aromatic ring is 1. The van der Waals surface area contributed by atoms with Gasteiger partial charge in [-0.05, 0) is 18.4 Å². The van der Waals surface area contributed by atoms with Gasteiger partial charge in [0.2, 0.25) is 5.95 Å². The quantitative estimate of drug-likeness (QED) is 0.873. The molecule has 0 unspecified atom stereocenters. The number of hydrogen-bond donors (Lipinski definition) is 1. The molecule has 0 fully saturated rings. The van der Waals surface area contributed by atoms with E-state index in [0.29, 0.717) is 0 Å². The fraction of sp³-hybridized carbons (Fsp3) is 0.308. The lowest BCUT2D eigenvalue weighted by Crippen LogP contribution is -1.98. The molecule has 0 amide bonds. The average molecular weight is 228 g/mol. The number of nitrogens with two attached hydrogens (primary N) is 1. The molecule has 1 heterocycles. The van der Waals surface area contributed by atoms with Gasteiger partial charge in [0.15, 0.2) is 0 Å². The lowest BCUT2D eigenvalue weighted by molar-refractivity contribution is 0.795. The topological polar surface area (TPSA) is 64.7 Å². The molecule has 0 aliphatic heterocycles. The van der Waals surface area contributed by atoms with Gasteiger partial charge in [0, 0.05) is 5.56 Å². The van der Waals surface area contributed by atoms with E-state index < -0.39 is 0 Å². The van der Waals surface area contributed by atoms with E-state index in [0.717, 1.165) is 17.7 Å². The van der Waals surface area contributed by atoms with Crippen LogP contribution in [-0.2, 0) is 6.42 Å². The van der Waals surface area contributed by atoms with Gasteiger partial charge in [-0.2, -0.15) is 5.10 Å². The van der Waals surface area contributed by atoms with Gasteiger partial charge < -0.3 is 5.73 Å². The zero-order valence-corrected chi connectivity index (χ0v) is 9.93. The van der Waals surface area contributed by atoms with Crippen LogP contribution in [-0.4, -0.2) is 15.2 Å². The molecular formula is C13H16N4. The zero-order valence-electron chi connectivity index (χ0n) is 9.93. The summed E-state index contributed by atoms with van der Waals surface area (Å²) in [5.41, 5.74) is 8.64. The molecule has 2 rings (SSSR count). The largest absolute Gasteiger partial charge is 0.366 e. The van der Waals surface area contributed by atoms with E-state index in [1.807, 2.05) is 0 Å². The van der Waals surface area contributed by atoms with Crippen LogP contribution in [0.1, 0.15) is 25.3 Å². The fourth-order valence-corrected chi connectivity index (χ4v) is 1.68. The van der Waals surface area contributed by atoms with Crippen molar-refractivity contribution in [2.45, 2.75) is 26.2 Å². The number of aryl methyl sites for hydroxylation is 1. The lowest BCUT2D eigenvalue weighted by Gasteiger charge is -2.03. The lowest BCUT2D eigenvalue weighted by atomic mass is 10.1. The molecule has 0 aliphatic carbocycles. The van der Waals surface area contributed by atoms with Crippen molar-refractivity contribution < 1.29 is 0 Å². The summed E-state index contributed by atoms with van der Waals surface area (Å²) >= 11 is 0. The first-order valence-electron chi connectivity index (χ1n) is 5.84. The van der Waals surface area contributed by atoms with E-state index in [2.05, 4.69) is 46.4 Å². The molecule has 4 heteroatoms. The van der Waals surface area contributed by atoms with E-state index in [9.17, 15) is 0 Å². The van der Waals surface area contributed by atoms with Crippen LogP contribution in [0.3, 0.4) is 0 Å². The summed E-state index contributed by atoms with van der Waals surface area (Å²) in [6, 6.07) is 8.36. The SMILES string of the molecule is CCCCc1ccc(-c2cnnc(N)n2)cc1. The molecule has 0 aliphatic rings. The smallest absolute Gasteiger partial charge is 0.240 e. The third-order valence-electron chi connectivity index (χ3n) is 2.64. The zero-order chi connectivity index (χ0) is 12.1. The van der Waals surface area contributed by atoms with Crippen LogP contribution in [0.4, 0.5) is 5.95 Å². The summed E-state index contributed by atoms with van der Waals surface area (Å²) in [6.45, 7) is 2.20. The number of rotatable bonds is 4. The Bertz CT molecular complexity index is 479. The Morgan fingerprint density at radius 2 is 1.94 bits per heavy atom. The highest BCUT2D eigenvalue weighted by atomic mass is 15.2. The third kappa shape index (κ3) is 3.00. The van der Waals surface area contributed by atoms with Gasteiger partial charge in [-0.3, -0.25) is 0 Å². The van der Waals surface area contributed by atoms with E-state index in [-0.39, 0.29) is 5.95 Å². The van der Waals surface area contributed by atoms with Crippen molar-refractivity contribution in [1.29, 1.82) is 0 Å². The second-order valence-electron chi connectivity index (χ2n) is 4.00. The Balaban J connectivity index is 2.17. The van der Waals surface area contributed by atoms with Crippen LogP contribution >= 0.6 is 0 Å². The maximum atomic E-state index is 5.51. The molecule has 0 saturated carbocycles. The Morgan fingerprint density at radius 3 is 2.59 bits per heavy atom. The Hall–Kier alpha value is -1.97. The van der Waals surface area contributed by atoms with Crippen LogP contribution in [0.15, 0.2) is 30.5 Å². The molecule has 1 aromatic carbocycles. The van der Waals surface area contributed by atoms with Gasteiger partial charge in [-0.1, -0.05) is 37.6 Å². The Kier molecular flexibility index (Phi) is 3.65. The van der Waals surface area contributed by atoms with Gasteiger partial charge in [0.1, 0.15) is 0 Å². The Morgan fingerprint density at radius 1 is 1.18 bits per heavy atom. The molecule has 0 atom stereocenters. The highest BCUT2D eigenvalue weighted by molar-refractivity contribution is 5.59. The summed E-state index contributed by atoms with van der Waals surface area (Å²) < 4.78 is 0. The standard InChI is InChI=1S/C13H16N4/c1-2-3-4-10-5-7-11(8-6-10)12-9-15-17-13(14)16-12/h5-9H,2-4H2,1H3,(H2,14,16,17). The molecular weight excluding hydrogens is 212 g/mol. The summed E-state index contributed by atoms with van der Waals surface area (Å²) in [4.78, 5) is 4.14. The summed E-state index contributed by atoms with van der Waals surface area (Å²) in [7, 11) is 0. The molecule has 2 N–H and O–H groups in total. The number of hydrogen-bond acceptors (Lipinski definition) is 4. The molecule has 17 heavy (non-hydrogen) atoms. The highest BCUT2D eigenvalue weighted by Gasteiger charge is 2.01. The molecule has 0 bridgehead atoms. The van der Waals surface area contributed by atoms with Crippen LogP contribution < -0.4 is 5.73 Å². The first-order valence-corrected chi connectivity index (χ1v) is 5.84. The van der Waals surface area contributed by atoms with Gasteiger partial charge >= 0.3 is 0 Å². The minimum atomic E-state index is 0.206. The minimum absolute atomic E-state index is 0.206. The molecule has 2 aromatic rings. The van der Waals surface area contributed by atoms with Gasteiger partial charge in [-0.25, -0.2) is 4.98 Å². The van der Waals surface area contributed by atoms with Gasteiger partial charge in [0.05, 0.1) is 11.9 Å². The van der Waals surface area contributed by atoms with Crippen LogP contribution in [0, 0.1) is 0 Å². The van der Waals surface area contributed by atoms with Crippen molar-refractivity contribution in [3.05, 3.63) is 36.0 Å². The maximum absolute atomic E-state index is 5.51. The van der Waals surface area contributed by atoms with Crippen molar-refractivity contribution in [3.8, 4) is 11.3 Å². The maximum Gasteiger partial charge on any atom is 0.240 e. The second kappa shape index (κ2) is 5.39. The van der Waals surface area contributed by atoms with Crippen molar-refractivity contribution in [2.75, 3.05) is 5.73 Å². The van der Waals surface area contributed by atoms with Crippen molar-refractivity contribution in [1.82, 2.24) is 15.2 Å². The monoisotopic (exact) mass is 228 g/mol. The third-order valence-corrected chi connectivity index (χ3v) is 2.64. The van der Waals surface area contributed by atoms with Gasteiger partial charge in [0.25, 0.3) is 0 Å². The van der Waals surface area contributed by atoms with Crippen molar-refractivity contribution in [3.63, 3.8) is 0 Å². The number of benzene rings is 1. The summed E-state index contributed by atoms with van der Waals surface area (Å²) in [6.07, 6.45) is 5.19. The molecule has 0 saturated heterocycles.